The third kappa shape index (κ3) is 4.70. The Kier molecular flexibility index (Phi) is 6.37. The van der Waals surface area contributed by atoms with E-state index in [1.165, 1.54) is 17.0 Å². The van der Waals surface area contributed by atoms with Gasteiger partial charge in [0.15, 0.2) is 0 Å². The largest absolute Gasteiger partial charge is 0.455 e. The van der Waals surface area contributed by atoms with Crippen molar-refractivity contribution in [1.29, 1.82) is 5.26 Å². The molecule has 2 aromatic heterocycles. The number of fused-ring (bicyclic) bond motifs is 1. The minimum absolute atomic E-state index is 0.0255. The lowest BCUT2D eigenvalue weighted by atomic mass is 9.72. The van der Waals surface area contributed by atoms with Crippen molar-refractivity contribution in [3.8, 4) is 17.4 Å². The molecular formula is C24H21Cl2N3O3S. The van der Waals surface area contributed by atoms with Crippen LogP contribution >= 0.6 is 34.5 Å². The van der Waals surface area contributed by atoms with Crippen molar-refractivity contribution in [2.45, 2.75) is 40.0 Å². The van der Waals surface area contributed by atoms with Gasteiger partial charge >= 0.3 is 0 Å². The zero-order valence-corrected chi connectivity index (χ0v) is 20.6. The normalized spacial score (nSPS) is 16.1. The van der Waals surface area contributed by atoms with Gasteiger partial charge < -0.3 is 4.42 Å². The Labute approximate surface area is 205 Å². The van der Waals surface area contributed by atoms with E-state index in [9.17, 15) is 15.4 Å². The molecule has 170 valence electrons. The third-order valence-corrected chi connectivity index (χ3v) is 7.80. The second kappa shape index (κ2) is 8.94. The van der Waals surface area contributed by atoms with Crippen LogP contribution in [-0.4, -0.2) is 11.1 Å². The molecule has 0 unspecified atom stereocenters. The Bertz CT molecular complexity index is 1310. The first-order valence-electron chi connectivity index (χ1n) is 10.4. The van der Waals surface area contributed by atoms with Gasteiger partial charge in [-0.2, -0.15) is 5.26 Å². The van der Waals surface area contributed by atoms with Crippen molar-refractivity contribution >= 4 is 51.4 Å². The summed E-state index contributed by atoms with van der Waals surface area (Å²) in [5.74, 6) is 1.47. The summed E-state index contributed by atoms with van der Waals surface area (Å²) < 4.78 is 5.82. The molecule has 2 heterocycles. The molecule has 0 spiro atoms. The van der Waals surface area contributed by atoms with Gasteiger partial charge in [-0.3, -0.25) is 10.1 Å². The highest BCUT2D eigenvalue weighted by atomic mass is 35.5. The van der Waals surface area contributed by atoms with E-state index >= 15 is 0 Å². The van der Waals surface area contributed by atoms with Crippen LogP contribution in [-0.2, 0) is 12.8 Å². The molecule has 3 aromatic rings. The Morgan fingerprint density at radius 3 is 2.73 bits per heavy atom. The highest BCUT2D eigenvalue weighted by molar-refractivity contribution is 7.16. The SMILES string of the molecule is CC(C)(C)[C@@H]1CCc2c(sc(N=Cc3ccc(-c4cc(Cl)c([N+](=O)[O-])cc4Cl)o3)c2C#N)C1. The van der Waals surface area contributed by atoms with Crippen LogP contribution in [0.4, 0.5) is 10.7 Å². The average Bonchev–Trinajstić information content (AvgIpc) is 3.36. The molecule has 0 radical (unpaired) electrons. The van der Waals surface area contributed by atoms with E-state index in [0.29, 0.717) is 33.6 Å². The van der Waals surface area contributed by atoms with Gasteiger partial charge in [-0.05, 0) is 54.4 Å². The molecule has 0 saturated heterocycles. The number of nitro groups is 1. The first-order chi connectivity index (χ1) is 15.6. The number of benzene rings is 1. The van der Waals surface area contributed by atoms with Gasteiger partial charge in [0.05, 0.1) is 21.7 Å². The number of halogens is 2. The maximum atomic E-state index is 11.0. The summed E-state index contributed by atoms with van der Waals surface area (Å²) in [6.07, 6.45) is 4.52. The molecule has 0 fully saturated rings. The van der Waals surface area contributed by atoms with Crippen LogP contribution in [0.5, 0.6) is 0 Å². The lowest BCUT2D eigenvalue weighted by molar-refractivity contribution is -0.384. The molecule has 9 heteroatoms. The molecule has 4 rings (SSSR count). The van der Waals surface area contributed by atoms with Gasteiger partial charge in [-0.1, -0.05) is 44.0 Å². The van der Waals surface area contributed by atoms with E-state index in [1.54, 1.807) is 29.7 Å². The Morgan fingerprint density at radius 1 is 1.30 bits per heavy atom. The average molecular weight is 502 g/mol. The van der Waals surface area contributed by atoms with Gasteiger partial charge in [-0.15, -0.1) is 11.3 Å². The molecule has 1 aromatic carbocycles. The van der Waals surface area contributed by atoms with E-state index in [1.807, 2.05) is 0 Å². The van der Waals surface area contributed by atoms with Crippen molar-refractivity contribution in [2.24, 2.45) is 16.3 Å². The monoisotopic (exact) mass is 501 g/mol. The number of nitriles is 1. The van der Waals surface area contributed by atoms with E-state index in [4.69, 9.17) is 27.6 Å². The highest BCUT2D eigenvalue weighted by Gasteiger charge is 2.32. The summed E-state index contributed by atoms with van der Waals surface area (Å²) in [4.78, 5) is 16.2. The highest BCUT2D eigenvalue weighted by Crippen LogP contribution is 2.45. The predicted molar refractivity (Wildman–Crippen MR) is 132 cm³/mol. The summed E-state index contributed by atoms with van der Waals surface area (Å²) >= 11 is 13.8. The molecule has 0 aliphatic heterocycles. The maximum absolute atomic E-state index is 11.0. The zero-order valence-electron chi connectivity index (χ0n) is 18.3. The predicted octanol–water partition coefficient (Wildman–Crippen LogP) is 8.00. The van der Waals surface area contributed by atoms with Gasteiger partial charge in [0.25, 0.3) is 5.69 Å². The van der Waals surface area contributed by atoms with Crippen molar-refractivity contribution < 1.29 is 9.34 Å². The van der Waals surface area contributed by atoms with Crippen LogP contribution in [0, 0.1) is 32.8 Å². The minimum atomic E-state index is -0.588. The van der Waals surface area contributed by atoms with Crippen molar-refractivity contribution in [1.82, 2.24) is 0 Å². The van der Waals surface area contributed by atoms with Crippen LogP contribution in [0.1, 0.15) is 49.0 Å². The quantitative estimate of drug-likeness (QED) is 0.205. The number of thiophene rings is 1. The van der Waals surface area contributed by atoms with Crippen LogP contribution in [0.25, 0.3) is 11.3 Å². The van der Waals surface area contributed by atoms with Gasteiger partial charge in [0.2, 0.25) is 0 Å². The lowest BCUT2D eigenvalue weighted by Gasteiger charge is -2.33. The fourth-order valence-corrected chi connectivity index (χ4v) is 5.78. The molecule has 0 amide bonds. The number of aliphatic imine (C=N–C) groups is 1. The summed E-state index contributed by atoms with van der Waals surface area (Å²) in [6.45, 7) is 6.79. The van der Waals surface area contributed by atoms with E-state index in [2.05, 4.69) is 31.8 Å². The van der Waals surface area contributed by atoms with Gasteiger partial charge in [0.1, 0.15) is 27.6 Å². The molecule has 1 atom stereocenters. The maximum Gasteiger partial charge on any atom is 0.289 e. The molecule has 0 bridgehead atoms. The van der Waals surface area contributed by atoms with Crippen molar-refractivity contribution in [3.63, 3.8) is 0 Å². The molecule has 0 N–H and O–H groups in total. The van der Waals surface area contributed by atoms with Gasteiger partial charge in [-0.25, -0.2) is 4.99 Å². The number of furan rings is 1. The fourth-order valence-electron chi connectivity index (χ4n) is 4.07. The van der Waals surface area contributed by atoms with Crippen LogP contribution < -0.4 is 0 Å². The summed E-state index contributed by atoms with van der Waals surface area (Å²) in [6, 6.07) is 8.37. The Hall–Kier alpha value is -2.66. The first kappa shape index (κ1) is 23.5. The Balaban J connectivity index is 1.60. The van der Waals surface area contributed by atoms with E-state index in [-0.39, 0.29) is 21.1 Å². The summed E-state index contributed by atoms with van der Waals surface area (Å²) in [5.41, 5.74) is 2.19. The number of nitrogens with zero attached hydrogens (tertiary/aromatic N) is 3. The van der Waals surface area contributed by atoms with E-state index < -0.39 is 4.92 Å². The zero-order chi connectivity index (χ0) is 23.9. The second-order valence-electron chi connectivity index (χ2n) is 9.10. The van der Waals surface area contributed by atoms with Crippen molar-refractivity contribution in [2.75, 3.05) is 0 Å². The molecule has 33 heavy (non-hydrogen) atoms. The first-order valence-corrected chi connectivity index (χ1v) is 12.0. The smallest absolute Gasteiger partial charge is 0.289 e. The summed E-state index contributed by atoms with van der Waals surface area (Å²) in [5, 5.41) is 21.6. The van der Waals surface area contributed by atoms with Crippen molar-refractivity contribution in [3.05, 3.63) is 66.2 Å². The topological polar surface area (TPSA) is 92.4 Å². The number of hydrogen-bond acceptors (Lipinski definition) is 6. The molecule has 1 aliphatic rings. The molecule has 1 aliphatic carbocycles. The standard InChI is InChI=1S/C24H21Cl2N3O3S/c1-24(2,3)13-4-6-15-17(11-27)23(33-22(15)8-13)28-12-14-5-7-21(32-14)16-9-19(26)20(29(30)31)10-18(16)25/h5,7,9-10,12-13H,4,6,8H2,1-3H3/t13-/m1/s1. The van der Waals surface area contributed by atoms with Crippen LogP contribution in [0.3, 0.4) is 0 Å². The third-order valence-electron chi connectivity index (χ3n) is 6.02. The Morgan fingerprint density at radius 2 is 2.06 bits per heavy atom. The molecule has 6 nitrogen and oxygen atoms in total. The van der Waals surface area contributed by atoms with Crippen LogP contribution in [0.15, 0.2) is 33.7 Å². The molecular weight excluding hydrogens is 481 g/mol. The lowest BCUT2D eigenvalue weighted by Crippen LogP contribution is -2.26. The van der Waals surface area contributed by atoms with Crippen LogP contribution in [0.2, 0.25) is 10.0 Å². The van der Waals surface area contributed by atoms with Gasteiger partial charge in [0, 0.05) is 16.5 Å². The fraction of sp³-hybridized carbons (Fsp3) is 0.333. The molecule has 0 saturated carbocycles. The number of nitro benzene ring substituents is 1. The van der Waals surface area contributed by atoms with E-state index in [0.717, 1.165) is 24.8 Å². The number of hydrogen-bond donors (Lipinski definition) is 0. The second-order valence-corrected chi connectivity index (χ2v) is 11.0. The minimum Gasteiger partial charge on any atom is -0.455 e. The summed E-state index contributed by atoms with van der Waals surface area (Å²) in [7, 11) is 0. The number of rotatable bonds is 4.